The molecule has 0 spiro atoms. The monoisotopic (exact) mass is 196 g/mol. The molecule has 1 aliphatic carbocycles. The van der Waals surface area contributed by atoms with Gasteiger partial charge in [0.05, 0.1) is 0 Å². The lowest BCUT2D eigenvalue weighted by Gasteiger charge is -2.41. The second-order valence-electron chi connectivity index (χ2n) is 4.94. The minimum Gasteiger partial charge on any atom is -0.330 e. The van der Waals surface area contributed by atoms with E-state index in [0.717, 1.165) is 18.5 Å². The van der Waals surface area contributed by atoms with Gasteiger partial charge in [-0.25, -0.2) is 0 Å². The first-order chi connectivity index (χ1) is 6.92. The van der Waals surface area contributed by atoms with Crippen molar-refractivity contribution in [2.75, 3.05) is 19.6 Å². The standard InChI is InChI=1S/C12H24N2/c13-10-11-6-2-3-7-12(11)14-8-4-1-5-9-14/h11-12H,1-10,13H2. The summed E-state index contributed by atoms with van der Waals surface area (Å²) < 4.78 is 0. The first-order valence-electron chi connectivity index (χ1n) is 6.36. The maximum atomic E-state index is 5.87. The van der Waals surface area contributed by atoms with E-state index in [2.05, 4.69) is 4.90 Å². The molecular formula is C12H24N2. The number of hydrogen-bond donors (Lipinski definition) is 1. The minimum absolute atomic E-state index is 0.793. The van der Waals surface area contributed by atoms with Crippen LogP contribution in [0.25, 0.3) is 0 Å². The van der Waals surface area contributed by atoms with Crippen LogP contribution in [0.3, 0.4) is 0 Å². The molecule has 82 valence electrons. The van der Waals surface area contributed by atoms with Crippen molar-refractivity contribution in [3.8, 4) is 0 Å². The number of hydrogen-bond acceptors (Lipinski definition) is 2. The molecule has 2 N–H and O–H groups in total. The first-order valence-corrected chi connectivity index (χ1v) is 6.36. The zero-order valence-corrected chi connectivity index (χ0v) is 9.25. The maximum Gasteiger partial charge on any atom is 0.0135 e. The number of rotatable bonds is 2. The molecule has 2 heteroatoms. The molecule has 2 nitrogen and oxygen atoms in total. The Morgan fingerprint density at radius 2 is 1.64 bits per heavy atom. The van der Waals surface area contributed by atoms with Crippen molar-refractivity contribution in [3.63, 3.8) is 0 Å². The van der Waals surface area contributed by atoms with E-state index in [1.54, 1.807) is 0 Å². The highest BCUT2D eigenvalue weighted by atomic mass is 15.2. The molecule has 0 aromatic heterocycles. The molecule has 0 aromatic rings. The summed E-state index contributed by atoms with van der Waals surface area (Å²) in [5.74, 6) is 0.793. The van der Waals surface area contributed by atoms with E-state index < -0.39 is 0 Å². The van der Waals surface area contributed by atoms with Gasteiger partial charge in [-0.05, 0) is 51.2 Å². The summed E-state index contributed by atoms with van der Waals surface area (Å²) in [7, 11) is 0. The summed E-state index contributed by atoms with van der Waals surface area (Å²) in [5.41, 5.74) is 5.87. The van der Waals surface area contributed by atoms with E-state index in [0.29, 0.717) is 0 Å². The highest BCUT2D eigenvalue weighted by molar-refractivity contribution is 4.85. The highest BCUT2D eigenvalue weighted by Crippen LogP contribution is 2.29. The van der Waals surface area contributed by atoms with Crippen LogP contribution >= 0.6 is 0 Å². The average molecular weight is 196 g/mol. The van der Waals surface area contributed by atoms with Gasteiger partial charge in [-0.15, -0.1) is 0 Å². The molecule has 0 amide bonds. The number of nitrogens with two attached hydrogens (primary N) is 1. The van der Waals surface area contributed by atoms with Gasteiger partial charge in [0.15, 0.2) is 0 Å². The molecular weight excluding hydrogens is 172 g/mol. The fraction of sp³-hybridized carbons (Fsp3) is 1.00. The van der Waals surface area contributed by atoms with Gasteiger partial charge in [0.2, 0.25) is 0 Å². The summed E-state index contributed by atoms with van der Waals surface area (Å²) in [6.45, 7) is 3.57. The summed E-state index contributed by atoms with van der Waals surface area (Å²) >= 11 is 0. The van der Waals surface area contributed by atoms with Crippen LogP contribution < -0.4 is 5.73 Å². The lowest BCUT2D eigenvalue weighted by atomic mass is 9.83. The lowest BCUT2D eigenvalue weighted by Crippen LogP contribution is -2.47. The average Bonchev–Trinajstić information content (AvgIpc) is 2.30. The quantitative estimate of drug-likeness (QED) is 0.732. The lowest BCUT2D eigenvalue weighted by molar-refractivity contribution is 0.0880. The molecule has 14 heavy (non-hydrogen) atoms. The number of piperidine rings is 1. The van der Waals surface area contributed by atoms with Crippen LogP contribution in [0.2, 0.25) is 0 Å². The van der Waals surface area contributed by atoms with E-state index in [1.165, 1.54) is 58.0 Å². The van der Waals surface area contributed by atoms with Gasteiger partial charge in [0, 0.05) is 6.04 Å². The topological polar surface area (TPSA) is 29.3 Å². The Bertz CT molecular complexity index is 164. The minimum atomic E-state index is 0.793. The van der Waals surface area contributed by atoms with Gasteiger partial charge in [-0.1, -0.05) is 19.3 Å². The van der Waals surface area contributed by atoms with E-state index in [-0.39, 0.29) is 0 Å². The van der Waals surface area contributed by atoms with Crippen LogP contribution in [0.5, 0.6) is 0 Å². The van der Waals surface area contributed by atoms with Gasteiger partial charge >= 0.3 is 0 Å². The SMILES string of the molecule is NCC1CCCCC1N1CCCCC1. The third-order valence-corrected chi connectivity index (χ3v) is 4.03. The van der Waals surface area contributed by atoms with Gasteiger partial charge in [-0.2, -0.15) is 0 Å². The van der Waals surface area contributed by atoms with E-state index in [4.69, 9.17) is 5.73 Å². The molecule has 2 unspecified atom stereocenters. The Morgan fingerprint density at radius 3 is 2.36 bits per heavy atom. The van der Waals surface area contributed by atoms with Gasteiger partial charge in [0.25, 0.3) is 0 Å². The van der Waals surface area contributed by atoms with E-state index in [1.807, 2.05) is 0 Å². The number of nitrogens with zero attached hydrogens (tertiary/aromatic N) is 1. The Labute approximate surface area is 87.8 Å². The highest BCUT2D eigenvalue weighted by Gasteiger charge is 2.29. The molecule has 2 rings (SSSR count). The molecule has 0 bridgehead atoms. The molecule has 2 atom stereocenters. The molecule has 2 aliphatic rings. The smallest absolute Gasteiger partial charge is 0.0135 e. The largest absolute Gasteiger partial charge is 0.330 e. The van der Waals surface area contributed by atoms with Gasteiger partial charge in [0.1, 0.15) is 0 Å². The summed E-state index contributed by atoms with van der Waals surface area (Å²) in [4.78, 5) is 2.72. The van der Waals surface area contributed by atoms with Crippen LogP contribution in [-0.2, 0) is 0 Å². The van der Waals surface area contributed by atoms with Crippen molar-refractivity contribution in [2.45, 2.75) is 51.0 Å². The number of likely N-dealkylation sites (tertiary alicyclic amines) is 1. The molecule has 1 saturated carbocycles. The third kappa shape index (κ3) is 2.29. The predicted octanol–water partition coefficient (Wildman–Crippen LogP) is 1.99. The van der Waals surface area contributed by atoms with Crippen molar-refractivity contribution in [1.82, 2.24) is 4.90 Å². The van der Waals surface area contributed by atoms with Crippen LogP contribution in [0, 0.1) is 5.92 Å². The van der Waals surface area contributed by atoms with Crippen molar-refractivity contribution in [2.24, 2.45) is 11.7 Å². The second-order valence-corrected chi connectivity index (χ2v) is 4.94. The Balaban J connectivity index is 1.91. The van der Waals surface area contributed by atoms with Gasteiger partial charge in [-0.3, -0.25) is 0 Å². The van der Waals surface area contributed by atoms with Crippen LogP contribution in [0.15, 0.2) is 0 Å². The Kier molecular flexibility index (Phi) is 3.82. The van der Waals surface area contributed by atoms with Crippen LogP contribution in [0.4, 0.5) is 0 Å². The predicted molar refractivity (Wildman–Crippen MR) is 60.2 cm³/mol. The van der Waals surface area contributed by atoms with Crippen LogP contribution in [0.1, 0.15) is 44.9 Å². The van der Waals surface area contributed by atoms with E-state index in [9.17, 15) is 0 Å². The molecule has 0 aromatic carbocycles. The normalized spacial score (nSPS) is 35.8. The third-order valence-electron chi connectivity index (χ3n) is 4.03. The summed E-state index contributed by atoms with van der Waals surface area (Å²) in [6.07, 6.45) is 9.88. The summed E-state index contributed by atoms with van der Waals surface area (Å²) in [5, 5.41) is 0. The Hall–Kier alpha value is -0.0800. The van der Waals surface area contributed by atoms with Gasteiger partial charge < -0.3 is 10.6 Å². The van der Waals surface area contributed by atoms with Crippen molar-refractivity contribution >= 4 is 0 Å². The van der Waals surface area contributed by atoms with Crippen LogP contribution in [-0.4, -0.2) is 30.6 Å². The fourth-order valence-corrected chi connectivity index (χ4v) is 3.19. The van der Waals surface area contributed by atoms with Crippen molar-refractivity contribution < 1.29 is 0 Å². The molecule has 1 heterocycles. The zero-order chi connectivity index (χ0) is 9.80. The zero-order valence-electron chi connectivity index (χ0n) is 9.25. The Morgan fingerprint density at radius 1 is 0.929 bits per heavy atom. The summed E-state index contributed by atoms with van der Waals surface area (Å²) in [6, 6.07) is 0.828. The molecule has 2 fully saturated rings. The van der Waals surface area contributed by atoms with Crippen molar-refractivity contribution in [3.05, 3.63) is 0 Å². The second kappa shape index (κ2) is 5.13. The molecule has 1 aliphatic heterocycles. The molecule has 0 radical (unpaired) electrons. The fourth-order valence-electron chi connectivity index (χ4n) is 3.19. The van der Waals surface area contributed by atoms with Crippen molar-refractivity contribution in [1.29, 1.82) is 0 Å². The first kappa shape index (κ1) is 10.4. The van der Waals surface area contributed by atoms with E-state index >= 15 is 0 Å². The maximum absolute atomic E-state index is 5.87. The molecule has 1 saturated heterocycles.